The number of nitriles is 1. The van der Waals surface area contributed by atoms with Crippen molar-refractivity contribution in [1.29, 1.82) is 5.26 Å². The Balaban J connectivity index is 1.64. The van der Waals surface area contributed by atoms with Crippen LogP contribution in [0, 0.1) is 17.2 Å². The Morgan fingerprint density at radius 3 is 2.78 bits per heavy atom. The second kappa shape index (κ2) is 8.14. The van der Waals surface area contributed by atoms with Gasteiger partial charge < -0.3 is 4.74 Å². The molecule has 0 saturated heterocycles. The van der Waals surface area contributed by atoms with E-state index in [2.05, 4.69) is 27.0 Å². The molecular weight excluding hydrogens is 518 g/mol. The number of hydrogen-bond donors (Lipinski definition) is 0. The first-order valence-corrected chi connectivity index (χ1v) is 12.6. The van der Waals surface area contributed by atoms with E-state index in [1.54, 1.807) is 17.2 Å². The monoisotopic (exact) mass is 539 g/mol. The van der Waals surface area contributed by atoms with Crippen LogP contribution >= 0.6 is 15.9 Å². The van der Waals surface area contributed by atoms with Crippen molar-refractivity contribution in [2.75, 3.05) is 4.90 Å². The highest BCUT2D eigenvalue weighted by atomic mass is 79.9. The standard InChI is InChI=1S/C29H22BrN3O3/c1-18(34)15-28-23(22-14-21(30)10-12-25(22)36-28)11-9-20(16-31)29(28)24-8-5-13-32-26(24)33(27(29)35)17-19-6-3-2-4-7-19/h2-8,10-14,20H,9,15,17H2,1H3/t20-,28-,29?/m1/s1. The largest absolute Gasteiger partial charge is 0.480 e. The van der Waals surface area contributed by atoms with Gasteiger partial charge in [0, 0.05) is 27.4 Å². The van der Waals surface area contributed by atoms with E-state index in [9.17, 15) is 14.9 Å². The van der Waals surface area contributed by atoms with Crippen LogP contribution in [0.3, 0.4) is 0 Å². The zero-order valence-corrected chi connectivity index (χ0v) is 21.2. The van der Waals surface area contributed by atoms with Crippen molar-refractivity contribution in [3.63, 3.8) is 0 Å². The number of rotatable bonds is 4. The lowest BCUT2D eigenvalue weighted by molar-refractivity contribution is -0.134. The van der Waals surface area contributed by atoms with E-state index in [1.807, 2.05) is 60.7 Å². The van der Waals surface area contributed by atoms with Crippen LogP contribution in [0.4, 0.5) is 5.82 Å². The molecule has 0 fully saturated rings. The number of allylic oxidation sites excluding steroid dienone is 1. The molecule has 6 nitrogen and oxygen atoms in total. The molecule has 1 spiro atoms. The van der Waals surface area contributed by atoms with Crippen LogP contribution in [0.2, 0.25) is 0 Å². The fourth-order valence-electron chi connectivity index (χ4n) is 6.28. The number of carbonyl (C=O) groups excluding carboxylic acids is 2. The van der Waals surface area contributed by atoms with Gasteiger partial charge in [0.2, 0.25) is 5.91 Å². The number of hydrogen-bond acceptors (Lipinski definition) is 5. The molecule has 1 amide bonds. The molecule has 3 aromatic rings. The van der Waals surface area contributed by atoms with Gasteiger partial charge >= 0.3 is 0 Å². The fourth-order valence-corrected chi connectivity index (χ4v) is 6.64. The molecule has 3 heterocycles. The zero-order valence-electron chi connectivity index (χ0n) is 19.6. The summed E-state index contributed by atoms with van der Waals surface area (Å²) in [6.07, 6.45) is 3.95. The molecule has 0 bridgehead atoms. The van der Waals surface area contributed by atoms with Crippen LogP contribution in [-0.4, -0.2) is 22.3 Å². The smallest absolute Gasteiger partial charge is 0.245 e. The van der Waals surface area contributed by atoms with Gasteiger partial charge in [-0.15, -0.1) is 0 Å². The topological polar surface area (TPSA) is 83.3 Å². The van der Waals surface area contributed by atoms with Crippen LogP contribution in [0.25, 0.3) is 5.57 Å². The highest BCUT2D eigenvalue weighted by Gasteiger charge is 2.73. The first-order valence-electron chi connectivity index (χ1n) is 11.8. The maximum absolute atomic E-state index is 14.8. The minimum atomic E-state index is -1.43. The van der Waals surface area contributed by atoms with E-state index < -0.39 is 16.9 Å². The Hall–Kier alpha value is -3.76. The molecule has 36 heavy (non-hydrogen) atoms. The van der Waals surface area contributed by atoms with Crippen molar-refractivity contribution in [2.45, 2.75) is 37.3 Å². The summed E-state index contributed by atoms with van der Waals surface area (Å²) in [6.45, 7) is 1.81. The normalized spacial score (nSPS) is 25.5. The van der Waals surface area contributed by atoms with Gasteiger partial charge in [0.1, 0.15) is 22.8 Å². The van der Waals surface area contributed by atoms with Gasteiger partial charge in [0.15, 0.2) is 5.60 Å². The predicted octanol–water partition coefficient (Wildman–Crippen LogP) is 5.37. The van der Waals surface area contributed by atoms with Crippen molar-refractivity contribution in [2.24, 2.45) is 5.92 Å². The summed E-state index contributed by atoms with van der Waals surface area (Å²) < 4.78 is 7.59. The van der Waals surface area contributed by atoms with Gasteiger partial charge in [0.05, 0.1) is 25.0 Å². The lowest BCUT2D eigenvalue weighted by atomic mass is 9.53. The second-order valence-corrected chi connectivity index (χ2v) is 10.5. The Labute approximate surface area is 217 Å². The molecule has 1 aliphatic carbocycles. The SMILES string of the molecule is CC(=O)C[C@@]12Oc3ccc(Br)cc3C1=CC[C@H](C#N)C21C(=O)N(Cc2ccccc2)c2ncccc21. The summed E-state index contributed by atoms with van der Waals surface area (Å²) in [5.41, 5.74) is 0.407. The van der Waals surface area contributed by atoms with Gasteiger partial charge in [-0.2, -0.15) is 5.26 Å². The van der Waals surface area contributed by atoms with Crippen LogP contribution in [0.1, 0.15) is 36.5 Å². The number of aromatic nitrogens is 1. The summed E-state index contributed by atoms with van der Waals surface area (Å²) >= 11 is 3.55. The van der Waals surface area contributed by atoms with E-state index in [0.717, 1.165) is 21.2 Å². The molecule has 0 saturated carbocycles. The van der Waals surface area contributed by atoms with Crippen molar-refractivity contribution in [3.05, 3.63) is 94.1 Å². The molecule has 2 aliphatic heterocycles. The molecule has 3 aliphatic rings. The Bertz CT molecular complexity index is 1500. The maximum atomic E-state index is 14.8. The number of carbonyl (C=O) groups is 2. The fraction of sp³-hybridized carbons (Fsp3) is 0.241. The molecule has 0 radical (unpaired) electrons. The van der Waals surface area contributed by atoms with E-state index in [1.165, 1.54) is 6.92 Å². The number of anilines is 1. The zero-order chi connectivity index (χ0) is 25.1. The number of Topliss-reactive ketones (excluding diaryl/α,β-unsaturated/α-hetero) is 1. The van der Waals surface area contributed by atoms with E-state index in [4.69, 9.17) is 4.74 Å². The lowest BCUT2D eigenvalue weighted by Crippen LogP contribution is -2.65. The molecule has 178 valence electrons. The van der Waals surface area contributed by atoms with Gasteiger partial charge in [-0.1, -0.05) is 58.4 Å². The quantitative estimate of drug-likeness (QED) is 0.445. The Kier molecular flexibility index (Phi) is 5.13. The van der Waals surface area contributed by atoms with E-state index in [0.29, 0.717) is 30.1 Å². The molecule has 1 unspecified atom stereocenters. The summed E-state index contributed by atoms with van der Waals surface area (Å²) in [7, 11) is 0. The predicted molar refractivity (Wildman–Crippen MR) is 138 cm³/mol. The number of pyridine rings is 1. The number of ether oxygens (including phenoxy) is 1. The summed E-state index contributed by atoms with van der Waals surface area (Å²) in [5.74, 6) is -0.00896. The van der Waals surface area contributed by atoms with Crippen molar-refractivity contribution in [1.82, 2.24) is 4.98 Å². The average Bonchev–Trinajstić information content (AvgIpc) is 3.31. The summed E-state index contributed by atoms with van der Waals surface area (Å²) in [6, 6.07) is 21.4. The second-order valence-electron chi connectivity index (χ2n) is 9.54. The Morgan fingerprint density at radius 2 is 2.03 bits per heavy atom. The molecule has 6 rings (SSSR count). The van der Waals surface area contributed by atoms with Crippen LogP contribution < -0.4 is 9.64 Å². The maximum Gasteiger partial charge on any atom is 0.245 e. The summed E-state index contributed by atoms with van der Waals surface area (Å²) in [5, 5.41) is 10.4. The molecule has 7 heteroatoms. The number of amides is 1. The van der Waals surface area contributed by atoms with Gasteiger partial charge in [-0.05, 0) is 43.2 Å². The third kappa shape index (κ3) is 2.91. The minimum absolute atomic E-state index is 0.0391. The summed E-state index contributed by atoms with van der Waals surface area (Å²) in [4.78, 5) is 33.9. The van der Waals surface area contributed by atoms with Crippen molar-refractivity contribution < 1.29 is 14.3 Å². The number of halogens is 1. The third-order valence-electron chi connectivity index (χ3n) is 7.56. The minimum Gasteiger partial charge on any atom is -0.480 e. The number of nitrogens with zero attached hydrogens (tertiary/aromatic N) is 3. The van der Waals surface area contributed by atoms with Crippen LogP contribution in [-0.2, 0) is 21.5 Å². The van der Waals surface area contributed by atoms with Crippen molar-refractivity contribution in [3.8, 4) is 11.8 Å². The average molecular weight is 540 g/mol. The molecular formula is C29H22BrN3O3. The van der Waals surface area contributed by atoms with Gasteiger partial charge in [0.25, 0.3) is 0 Å². The highest BCUT2D eigenvalue weighted by molar-refractivity contribution is 9.10. The van der Waals surface area contributed by atoms with Gasteiger partial charge in [-0.25, -0.2) is 4.98 Å². The number of ketones is 1. The highest BCUT2D eigenvalue weighted by Crippen LogP contribution is 2.65. The van der Waals surface area contributed by atoms with Gasteiger partial charge in [-0.3, -0.25) is 14.5 Å². The molecule has 0 N–H and O–H groups in total. The van der Waals surface area contributed by atoms with Crippen LogP contribution in [0.5, 0.6) is 5.75 Å². The van der Waals surface area contributed by atoms with E-state index >= 15 is 0 Å². The van der Waals surface area contributed by atoms with E-state index in [-0.39, 0.29) is 18.1 Å². The first kappa shape index (κ1) is 22.7. The number of fused-ring (bicyclic) bond motifs is 6. The van der Waals surface area contributed by atoms with Crippen molar-refractivity contribution >= 4 is 39.0 Å². The van der Waals surface area contributed by atoms with Crippen LogP contribution in [0.15, 0.2) is 77.4 Å². The molecule has 3 atom stereocenters. The third-order valence-corrected chi connectivity index (χ3v) is 8.05. The number of benzene rings is 2. The first-order chi connectivity index (χ1) is 17.4. The molecule has 2 aromatic carbocycles. The lowest BCUT2D eigenvalue weighted by Gasteiger charge is -2.49. The molecule has 1 aromatic heterocycles. The Morgan fingerprint density at radius 1 is 1.22 bits per heavy atom.